The first-order valence-corrected chi connectivity index (χ1v) is 13.1. The number of rotatable bonds is 22. The number of ether oxygens (including phenoxy) is 1. The molecule has 10 heteroatoms. The van der Waals surface area contributed by atoms with Crippen LogP contribution in [0.25, 0.3) is 0 Å². The van der Waals surface area contributed by atoms with E-state index in [4.69, 9.17) is 9.84 Å². The van der Waals surface area contributed by atoms with Crippen molar-refractivity contribution in [3.63, 3.8) is 0 Å². The molecular formula is C26H48N2Na2O6+2. The Morgan fingerprint density at radius 1 is 0.889 bits per heavy atom. The fourth-order valence-electron chi connectivity index (χ4n) is 4.42. The third kappa shape index (κ3) is 20.2. The SMILES string of the molecule is CCCCCCCCCCCCCCCC=CC1=NCC[N+]1(CCOCC(=O)O)CC(=O)O.[Na+].[Na+].[OH-]. The minimum absolute atomic E-state index is 0. The molecule has 0 aliphatic carbocycles. The van der Waals surface area contributed by atoms with Gasteiger partial charge in [-0.15, -0.1) is 0 Å². The maximum atomic E-state index is 11.4. The van der Waals surface area contributed by atoms with E-state index in [-0.39, 0.29) is 88.8 Å². The summed E-state index contributed by atoms with van der Waals surface area (Å²) in [5, 5.41) is 18.1. The van der Waals surface area contributed by atoms with E-state index >= 15 is 0 Å². The van der Waals surface area contributed by atoms with Gasteiger partial charge in [-0.3, -0.25) is 4.48 Å². The van der Waals surface area contributed by atoms with E-state index in [9.17, 15) is 14.7 Å². The molecule has 0 fully saturated rings. The number of aliphatic imine (C=N–C) groups is 1. The number of unbranched alkanes of at least 4 members (excludes halogenated alkanes) is 13. The number of quaternary nitrogens is 1. The van der Waals surface area contributed by atoms with Crippen molar-refractivity contribution in [2.24, 2.45) is 4.99 Å². The van der Waals surface area contributed by atoms with E-state index in [1.54, 1.807) is 0 Å². The Morgan fingerprint density at radius 2 is 1.42 bits per heavy atom. The van der Waals surface area contributed by atoms with Gasteiger partial charge in [-0.25, -0.2) is 14.6 Å². The topological polar surface area (TPSA) is 126 Å². The van der Waals surface area contributed by atoms with Crippen molar-refractivity contribution in [1.82, 2.24) is 0 Å². The largest absolute Gasteiger partial charge is 1.00 e. The van der Waals surface area contributed by atoms with Gasteiger partial charge < -0.3 is 20.4 Å². The van der Waals surface area contributed by atoms with E-state index in [2.05, 4.69) is 18.0 Å². The second kappa shape index (κ2) is 26.8. The van der Waals surface area contributed by atoms with E-state index in [1.165, 1.54) is 77.0 Å². The van der Waals surface area contributed by atoms with Gasteiger partial charge in [0.15, 0.2) is 6.54 Å². The van der Waals surface area contributed by atoms with Crippen LogP contribution >= 0.6 is 0 Å². The number of carboxylic acids is 2. The second-order valence-corrected chi connectivity index (χ2v) is 9.26. The number of hydrogen-bond acceptors (Lipinski definition) is 5. The Morgan fingerprint density at radius 3 is 1.92 bits per heavy atom. The van der Waals surface area contributed by atoms with Crippen molar-refractivity contribution in [3.05, 3.63) is 12.2 Å². The zero-order chi connectivity index (χ0) is 24.2. The fourth-order valence-corrected chi connectivity index (χ4v) is 4.42. The Balaban J connectivity index is -0.00000363. The van der Waals surface area contributed by atoms with Gasteiger partial charge >= 0.3 is 71.1 Å². The summed E-state index contributed by atoms with van der Waals surface area (Å²) in [5.74, 6) is -1.13. The maximum absolute atomic E-state index is 11.4. The monoisotopic (exact) mass is 530 g/mol. The summed E-state index contributed by atoms with van der Waals surface area (Å²) in [6, 6.07) is 0. The van der Waals surface area contributed by atoms with Crippen LogP contribution in [-0.4, -0.2) is 77.3 Å². The zero-order valence-electron chi connectivity index (χ0n) is 23.3. The molecule has 3 N–H and O–H groups in total. The molecule has 8 nitrogen and oxygen atoms in total. The summed E-state index contributed by atoms with van der Waals surface area (Å²) < 4.78 is 5.38. The average molecular weight is 531 g/mol. The van der Waals surface area contributed by atoms with Crippen LogP contribution in [0.15, 0.2) is 17.1 Å². The Hall–Kier alpha value is 0.230. The van der Waals surface area contributed by atoms with Crippen LogP contribution < -0.4 is 59.1 Å². The molecule has 198 valence electrons. The molecule has 1 heterocycles. The van der Waals surface area contributed by atoms with Crippen molar-refractivity contribution in [3.8, 4) is 0 Å². The van der Waals surface area contributed by atoms with Crippen LogP contribution in [0.2, 0.25) is 0 Å². The van der Waals surface area contributed by atoms with Crippen molar-refractivity contribution in [2.45, 2.75) is 96.8 Å². The minimum atomic E-state index is -1.02. The summed E-state index contributed by atoms with van der Waals surface area (Å²) in [4.78, 5) is 26.6. The van der Waals surface area contributed by atoms with Crippen molar-refractivity contribution >= 4 is 17.8 Å². The molecular weight excluding hydrogens is 482 g/mol. The first kappa shape index (κ1) is 40.7. The molecule has 1 atom stereocenters. The number of aliphatic carboxylic acids is 2. The van der Waals surface area contributed by atoms with Gasteiger partial charge in [0, 0.05) is 6.08 Å². The van der Waals surface area contributed by atoms with Crippen LogP contribution in [0.5, 0.6) is 0 Å². The summed E-state index contributed by atoms with van der Waals surface area (Å²) >= 11 is 0. The molecule has 1 unspecified atom stereocenters. The first-order chi connectivity index (χ1) is 16.0. The predicted molar refractivity (Wildman–Crippen MR) is 135 cm³/mol. The number of amidine groups is 1. The number of allylic oxidation sites excluding steroid dienone is 1. The molecule has 1 aliphatic heterocycles. The molecule has 0 aromatic heterocycles. The Bertz CT molecular complexity index is 619. The van der Waals surface area contributed by atoms with Crippen LogP contribution in [0.3, 0.4) is 0 Å². The zero-order valence-corrected chi connectivity index (χ0v) is 27.3. The summed E-state index contributed by atoms with van der Waals surface area (Å²) in [6.07, 6.45) is 22.4. The maximum Gasteiger partial charge on any atom is 1.00 e. The minimum Gasteiger partial charge on any atom is -0.870 e. The van der Waals surface area contributed by atoms with Crippen molar-refractivity contribution < 1.29 is 93.6 Å². The third-order valence-corrected chi connectivity index (χ3v) is 6.36. The molecule has 36 heavy (non-hydrogen) atoms. The van der Waals surface area contributed by atoms with Gasteiger partial charge in [-0.1, -0.05) is 90.0 Å². The fraction of sp³-hybridized carbons (Fsp3) is 0.808. The van der Waals surface area contributed by atoms with E-state index < -0.39 is 11.9 Å². The molecule has 0 amide bonds. The number of hydrogen-bond donors (Lipinski definition) is 2. The van der Waals surface area contributed by atoms with Gasteiger partial charge in [-0.2, -0.15) is 0 Å². The smallest absolute Gasteiger partial charge is 0.870 e. The van der Waals surface area contributed by atoms with Crippen molar-refractivity contribution in [2.75, 3.05) is 39.4 Å². The summed E-state index contributed by atoms with van der Waals surface area (Å²) in [7, 11) is 0. The molecule has 0 spiro atoms. The van der Waals surface area contributed by atoms with Crippen molar-refractivity contribution in [1.29, 1.82) is 0 Å². The first-order valence-electron chi connectivity index (χ1n) is 13.1. The molecule has 0 aromatic rings. The number of carboxylic acid groups (broad SMARTS) is 2. The van der Waals surface area contributed by atoms with Gasteiger partial charge in [0.05, 0.1) is 13.2 Å². The van der Waals surface area contributed by atoms with Gasteiger partial charge in [0.1, 0.15) is 19.7 Å². The van der Waals surface area contributed by atoms with E-state index in [1.807, 2.05) is 6.08 Å². The quantitative estimate of drug-likeness (QED) is 0.108. The number of nitrogens with zero attached hydrogens (tertiary/aromatic N) is 2. The van der Waals surface area contributed by atoms with Gasteiger partial charge in [0.2, 0.25) is 5.84 Å². The van der Waals surface area contributed by atoms with Crippen LogP contribution in [0.1, 0.15) is 96.8 Å². The normalized spacial score (nSPS) is 16.6. The molecule has 0 aromatic carbocycles. The standard InChI is InChI=1S/C26H46N2O5.2Na.H2O/c1-2-3-4-5-6-7-8-9-10-11-12-13-14-15-16-17-24-27-18-19-28(24,22-25(29)30)20-21-33-23-26(31)32;;;/h16-17H,2-15,18-23H2,1H3,(H-,29,30,31,32);;;1H2/q;2*+1;. The average Bonchev–Trinajstić information content (AvgIpc) is 3.15. The second-order valence-electron chi connectivity index (χ2n) is 9.26. The van der Waals surface area contributed by atoms with Gasteiger partial charge in [-0.05, 0) is 12.8 Å². The van der Waals surface area contributed by atoms with E-state index in [0.29, 0.717) is 19.6 Å². The van der Waals surface area contributed by atoms with Crippen LogP contribution in [0.4, 0.5) is 0 Å². The Labute approximate surface area is 262 Å². The summed E-state index contributed by atoms with van der Waals surface area (Å²) in [6.45, 7) is 3.66. The number of carbonyl (C=O) groups is 2. The van der Waals surface area contributed by atoms with E-state index in [0.717, 1.165) is 18.7 Å². The molecule has 0 saturated heterocycles. The third-order valence-electron chi connectivity index (χ3n) is 6.36. The predicted octanol–water partition coefficient (Wildman–Crippen LogP) is -0.730. The molecule has 1 aliphatic rings. The molecule has 0 saturated carbocycles. The van der Waals surface area contributed by atoms with Crippen LogP contribution in [-0.2, 0) is 14.3 Å². The summed E-state index contributed by atoms with van der Waals surface area (Å²) in [5.41, 5.74) is 0. The molecule has 0 radical (unpaired) electrons. The Kier molecular flexibility index (Phi) is 30.3. The molecule has 0 bridgehead atoms. The van der Waals surface area contributed by atoms with Gasteiger partial charge in [0.25, 0.3) is 0 Å². The van der Waals surface area contributed by atoms with Crippen LogP contribution in [0, 0.1) is 0 Å². The molecule has 1 rings (SSSR count).